The van der Waals surface area contributed by atoms with Gasteiger partial charge < -0.3 is 4.90 Å². The second kappa shape index (κ2) is 6.52. The summed E-state index contributed by atoms with van der Waals surface area (Å²) >= 11 is 0. The first-order chi connectivity index (χ1) is 11.0. The predicted octanol–water partition coefficient (Wildman–Crippen LogP) is 2.94. The minimum atomic E-state index is 0.176. The lowest BCUT2D eigenvalue weighted by molar-refractivity contribution is -0.127. The molecule has 1 atom stereocenters. The topological polar surface area (TPSA) is 51.0 Å². The molecule has 0 N–H and O–H groups in total. The maximum absolute atomic E-state index is 11.5. The van der Waals surface area contributed by atoms with Crippen molar-refractivity contribution in [1.29, 1.82) is 0 Å². The van der Waals surface area contributed by atoms with Crippen LogP contribution in [0.4, 0.5) is 0 Å². The van der Waals surface area contributed by atoms with Crippen molar-refractivity contribution in [3.8, 4) is 11.4 Å². The zero-order valence-electron chi connectivity index (χ0n) is 14.1. The van der Waals surface area contributed by atoms with E-state index in [-0.39, 0.29) is 5.91 Å². The van der Waals surface area contributed by atoms with Gasteiger partial charge in [-0.05, 0) is 50.8 Å². The predicted molar refractivity (Wildman–Crippen MR) is 89.9 cm³/mol. The highest BCUT2D eigenvalue weighted by atomic mass is 16.2. The van der Waals surface area contributed by atoms with E-state index in [1.54, 1.807) is 6.92 Å². The van der Waals surface area contributed by atoms with E-state index in [2.05, 4.69) is 31.1 Å². The fraction of sp³-hybridized carbons (Fsp3) is 0.500. The van der Waals surface area contributed by atoms with Crippen LogP contribution in [0.5, 0.6) is 0 Å². The molecule has 5 heteroatoms. The van der Waals surface area contributed by atoms with E-state index in [0.717, 1.165) is 43.0 Å². The molecule has 0 aromatic carbocycles. The van der Waals surface area contributed by atoms with Gasteiger partial charge in [0.05, 0.1) is 11.4 Å². The quantitative estimate of drug-likeness (QED) is 0.872. The summed E-state index contributed by atoms with van der Waals surface area (Å²) < 4.78 is 2.00. The molecule has 1 amide bonds. The second-order valence-corrected chi connectivity index (χ2v) is 6.59. The molecule has 23 heavy (non-hydrogen) atoms. The standard InChI is InChI=1S/C18H24N4O/c1-13(2)22-18(7-9-19-22)17-6-4-5-16(20-17)11-15-8-10-21(12-15)14(3)23/h4-7,9,13,15H,8,10-12H2,1-3H3/t15-/m0/s1. The van der Waals surface area contributed by atoms with Gasteiger partial charge in [0.25, 0.3) is 0 Å². The largest absolute Gasteiger partial charge is 0.343 e. The number of likely N-dealkylation sites (tertiary alicyclic amines) is 1. The molecule has 1 aliphatic heterocycles. The van der Waals surface area contributed by atoms with Crippen LogP contribution in [0.1, 0.15) is 38.9 Å². The van der Waals surface area contributed by atoms with Crippen molar-refractivity contribution in [2.45, 2.75) is 39.7 Å². The van der Waals surface area contributed by atoms with E-state index in [9.17, 15) is 4.79 Å². The molecule has 2 aromatic heterocycles. The maximum atomic E-state index is 11.5. The van der Waals surface area contributed by atoms with Gasteiger partial charge >= 0.3 is 0 Å². The Kier molecular flexibility index (Phi) is 4.46. The third kappa shape index (κ3) is 3.44. The van der Waals surface area contributed by atoms with Crippen LogP contribution in [-0.2, 0) is 11.2 Å². The molecular weight excluding hydrogens is 288 g/mol. The number of hydrogen-bond donors (Lipinski definition) is 0. The molecule has 0 spiro atoms. The van der Waals surface area contributed by atoms with Gasteiger partial charge in [0.1, 0.15) is 0 Å². The van der Waals surface area contributed by atoms with Crippen molar-refractivity contribution in [2.75, 3.05) is 13.1 Å². The zero-order valence-corrected chi connectivity index (χ0v) is 14.1. The fourth-order valence-corrected chi connectivity index (χ4v) is 3.25. The van der Waals surface area contributed by atoms with Crippen molar-refractivity contribution in [3.05, 3.63) is 36.2 Å². The monoisotopic (exact) mass is 312 g/mol. The molecule has 0 bridgehead atoms. The molecule has 0 aliphatic carbocycles. The number of carbonyl (C=O) groups excluding carboxylic acids is 1. The van der Waals surface area contributed by atoms with Crippen molar-refractivity contribution in [1.82, 2.24) is 19.7 Å². The summed E-state index contributed by atoms with van der Waals surface area (Å²) in [5, 5.41) is 4.39. The number of pyridine rings is 1. The number of nitrogens with zero attached hydrogens (tertiary/aromatic N) is 4. The molecule has 2 aromatic rings. The van der Waals surface area contributed by atoms with Crippen molar-refractivity contribution < 1.29 is 4.79 Å². The van der Waals surface area contributed by atoms with Crippen molar-refractivity contribution in [3.63, 3.8) is 0 Å². The Hall–Kier alpha value is -2.17. The molecule has 1 saturated heterocycles. The van der Waals surface area contributed by atoms with Gasteiger partial charge in [0.2, 0.25) is 5.91 Å². The highest BCUT2D eigenvalue weighted by Crippen LogP contribution is 2.23. The first-order valence-electron chi connectivity index (χ1n) is 8.30. The van der Waals surface area contributed by atoms with Gasteiger partial charge in [-0.1, -0.05) is 6.07 Å². The molecule has 0 saturated carbocycles. The summed E-state index contributed by atoms with van der Waals surface area (Å²) in [6, 6.07) is 8.50. The molecule has 5 nitrogen and oxygen atoms in total. The summed E-state index contributed by atoms with van der Waals surface area (Å²) in [4.78, 5) is 18.2. The van der Waals surface area contributed by atoms with Gasteiger partial charge in [0.15, 0.2) is 0 Å². The van der Waals surface area contributed by atoms with Gasteiger partial charge in [-0.25, -0.2) is 0 Å². The lowest BCUT2D eigenvalue weighted by Gasteiger charge is -2.14. The summed E-state index contributed by atoms with van der Waals surface area (Å²) in [7, 11) is 0. The minimum absolute atomic E-state index is 0.176. The number of aromatic nitrogens is 3. The van der Waals surface area contributed by atoms with Crippen LogP contribution >= 0.6 is 0 Å². The van der Waals surface area contributed by atoms with E-state index in [1.165, 1.54) is 0 Å². The Morgan fingerprint density at radius 3 is 2.87 bits per heavy atom. The Bertz CT molecular complexity index is 692. The molecule has 0 radical (unpaired) electrons. The smallest absolute Gasteiger partial charge is 0.219 e. The molecule has 122 valence electrons. The van der Waals surface area contributed by atoms with E-state index >= 15 is 0 Å². The highest BCUT2D eigenvalue weighted by molar-refractivity contribution is 5.73. The van der Waals surface area contributed by atoms with Crippen LogP contribution in [0, 0.1) is 5.92 Å². The third-order valence-corrected chi connectivity index (χ3v) is 4.46. The van der Waals surface area contributed by atoms with Gasteiger partial charge in [-0.15, -0.1) is 0 Å². The van der Waals surface area contributed by atoms with E-state index in [4.69, 9.17) is 4.98 Å². The first-order valence-corrected chi connectivity index (χ1v) is 8.30. The summed E-state index contributed by atoms with van der Waals surface area (Å²) in [5.74, 6) is 0.687. The van der Waals surface area contributed by atoms with Crippen molar-refractivity contribution in [2.24, 2.45) is 5.92 Å². The Balaban J connectivity index is 1.76. The summed E-state index contributed by atoms with van der Waals surface area (Å²) in [5.41, 5.74) is 3.11. The minimum Gasteiger partial charge on any atom is -0.343 e. The van der Waals surface area contributed by atoms with E-state index in [1.807, 2.05) is 27.9 Å². The molecule has 1 fully saturated rings. The van der Waals surface area contributed by atoms with E-state index in [0.29, 0.717) is 12.0 Å². The molecule has 3 rings (SSSR count). The van der Waals surface area contributed by atoms with Crippen LogP contribution in [0.3, 0.4) is 0 Å². The van der Waals surface area contributed by atoms with Crippen LogP contribution in [0.15, 0.2) is 30.5 Å². The third-order valence-electron chi connectivity index (χ3n) is 4.46. The van der Waals surface area contributed by atoms with Crippen LogP contribution < -0.4 is 0 Å². The van der Waals surface area contributed by atoms with Gasteiger partial charge in [0, 0.05) is 37.9 Å². The Morgan fingerprint density at radius 2 is 2.17 bits per heavy atom. The Morgan fingerprint density at radius 1 is 1.35 bits per heavy atom. The molecular formula is C18H24N4O. The van der Waals surface area contributed by atoms with Gasteiger partial charge in [-0.2, -0.15) is 5.10 Å². The van der Waals surface area contributed by atoms with E-state index < -0.39 is 0 Å². The van der Waals surface area contributed by atoms with Crippen LogP contribution in [-0.4, -0.2) is 38.7 Å². The second-order valence-electron chi connectivity index (χ2n) is 6.59. The summed E-state index contributed by atoms with van der Waals surface area (Å²) in [6.07, 6.45) is 3.81. The van der Waals surface area contributed by atoms with Gasteiger partial charge in [-0.3, -0.25) is 14.5 Å². The van der Waals surface area contributed by atoms with Crippen LogP contribution in [0.2, 0.25) is 0 Å². The first kappa shape index (κ1) is 15.7. The number of carbonyl (C=O) groups is 1. The highest BCUT2D eigenvalue weighted by Gasteiger charge is 2.24. The van der Waals surface area contributed by atoms with Crippen molar-refractivity contribution >= 4 is 5.91 Å². The zero-order chi connectivity index (χ0) is 16.4. The maximum Gasteiger partial charge on any atom is 0.219 e. The molecule has 0 unspecified atom stereocenters. The lowest BCUT2D eigenvalue weighted by Crippen LogP contribution is -2.26. The SMILES string of the molecule is CC(=O)N1CC[C@@H](Cc2cccc(-c3ccnn3C(C)C)n2)C1. The fourth-order valence-electron chi connectivity index (χ4n) is 3.25. The average molecular weight is 312 g/mol. The molecule has 1 aliphatic rings. The molecule has 3 heterocycles. The number of rotatable bonds is 4. The van der Waals surface area contributed by atoms with Crippen LogP contribution in [0.25, 0.3) is 11.4 Å². The Labute approximate surface area is 137 Å². The average Bonchev–Trinajstić information content (AvgIpc) is 3.16. The lowest BCUT2D eigenvalue weighted by atomic mass is 10.0. The summed E-state index contributed by atoms with van der Waals surface area (Å²) in [6.45, 7) is 7.61. The number of hydrogen-bond acceptors (Lipinski definition) is 3. The number of amides is 1. The normalized spacial score (nSPS) is 17.9.